The van der Waals surface area contributed by atoms with Crippen molar-refractivity contribution in [3.8, 4) is 5.75 Å². The Morgan fingerprint density at radius 2 is 2.03 bits per heavy atom. The van der Waals surface area contributed by atoms with E-state index in [1.165, 1.54) is 6.33 Å². The highest BCUT2D eigenvalue weighted by Gasteiger charge is 2.27. The summed E-state index contributed by atoms with van der Waals surface area (Å²) in [5.74, 6) is 0.689. The van der Waals surface area contributed by atoms with E-state index >= 15 is 0 Å². The average molecular weight is 391 g/mol. The summed E-state index contributed by atoms with van der Waals surface area (Å²) in [6.45, 7) is 3.87. The number of fused-ring (bicyclic) bond motifs is 1. The van der Waals surface area contributed by atoms with Gasteiger partial charge in [0.1, 0.15) is 12.1 Å². The van der Waals surface area contributed by atoms with Crippen molar-refractivity contribution in [1.29, 1.82) is 0 Å². The SMILES string of the molecule is Cc1ccc(NC(=O)COc2ccc([C@H]3CC(=O)Nc4ncnn43)cc2)c(C)c1. The number of ether oxygens (including phenoxy) is 1. The molecule has 0 aliphatic carbocycles. The second kappa shape index (κ2) is 7.75. The number of hydrogen-bond donors (Lipinski definition) is 2. The summed E-state index contributed by atoms with van der Waals surface area (Å²) in [6.07, 6.45) is 1.70. The van der Waals surface area contributed by atoms with Crippen LogP contribution < -0.4 is 15.4 Å². The third kappa shape index (κ3) is 4.11. The second-order valence-corrected chi connectivity index (χ2v) is 7.02. The topological polar surface area (TPSA) is 98.1 Å². The first-order valence-corrected chi connectivity index (χ1v) is 9.29. The fourth-order valence-corrected chi connectivity index (χ4v) is 3.34. The Bertz CT molecular complexity index is 1060. The van der Waals surface area contributed by atoms with E-state index in [0.29, 0.717) is 11.7 Å². The van der Waals surface area contributed by atoms with Crippen LogP contribution in [0.25, 0.3) is 0 Å². The predicted molar refractivity (Wildman–Crippen MR) is 108 cm³/mol. The lowest BCUT2D eigenvalue weighted by molar-refractivity contribution is -0.118. The van der Waals surface area contributed by atoms with Gasteiger partial charge in [0.2, 0.25) is 11.9 Å². The smallest absolute Gasteiger partial charge is 0.262 e. The molecule has 3 aromatic rings. The number of nitrogens with zero attached hydrogens (tertiary/aromatic N) is 3. The molecule has 1 aliphatic heterocycles. The Hall–Kier alpha value is -3.68. The zero-order valence-electron chi connectivity index (χ0n) is 16.2. The summed E-state index contributed by atoms with van der Waals surface area (Å²) in [4.78, 5) is 28.1. The van der Waals surface area contributed by atoms with Gasteiger partial charge in [-0.05, 0) is 43.2 Å². The Balaban J connectivity index is 1.38. The number of anilines is 2. The second-order valence-electron chi connectivity index (χ2n) is 7.02. The van der Waals surface area contributed by atoms with Gasteiger partial charge in [0, 0.05) is 5.69 Å². The van der Waals surface area contributed by atoms with Crippen molar-refractivity contribution in [2.45, 2.75) is 26.3 Å². The van der Waals surface area contributed by atoms with E-state index in [-0.39, 0.29) is 30.9 Å². The summed E-state index contributed by atoms with van der Waals surface area (Å²) in [5.41, 5.74) is 3.84. The Morgan fingerprint density at radius 1 is 1.24 bits per heavy atom. The van der Waals surface area contributed by atoms with Crippen molar-refractivity contribution in [3.63, 3.8) is 0 Å². The van der Waals surface area contributed by atoms with Crippen LogP contribution in [0.1, 0.15) is 29.2 Å². The standard InChI is InChI=1S/C21H21N5O3/c1-13-3-8-17(14(2)9-13)24-20(28)11-29-16-6-4-15(5-7-16)18-10-19(27)25-21-22-12-23-26(18)21/h3-9,12,18H,10-11H2,1-2H3,(H,24,28)(H,22,23,25,27)/t18-/m1/s1. The van der Waals surface area contributed by atoms with Crippen molar-refractivity contribution in [1.82, 2.24) is 14.8 Å². The fraction of sp³-hybridized carbons (Fsp3) is 0.238. The largest absolute Gasteiger partial charge is 0.484 e. The van der Waals surface area contributed by atoms with Crippen molar-refractivity contribution >= 4 is 23.5 Å². The minimum atomic E-state index is -0.225. The summed E-state index contributed by atoms with van der Waals surface area (Å²) in [6, 6.07) is 12.9. The Morgan fingerprint density at radius 3 is 2.79 bits per heavy atom. The molecule has 2 N–H and O–H groups in total. The lowest BCUT2D eigenvalue weighted by atomic mass is 10.0. The molecule has 29 heavy (non-hydrogen) atoms. The maximum atomic E-state index is 12.2. The van der Waals surface area contributed by atoms with E-state index < -0.39 is 0 Å². The number of benzene rings is 2. The maximum Gasteiger partial charge on any atom is 0.262 e. The molecule has 1 aliphatic rings. The number of hydrogen-bond acceptors (Lipinski definition) is 5. The van der Waals surface area contributed by atoms with Crippen LogP contribution in [0, 0.1) is 13.8 Å². The van der Waals surface area contributed by atoms with Gasteiger partial charge in [-0.2, -0.15) is 10.1 Å². The van der Waals surface area contributed by atoms with E-state index in [1.807, 2.05) is 44.2 Å². The van der Waals surface area contributed by atoms with E-state index in [1.54, 1.807) is 16.8 Å². The maximum absolute atomic E-state index is 12.2. The van der Waals surface area contributed by atoms with Gasteiger partial charge >= 0.3 is 0 Å². The first-order chi connectivity index (χ1) is 14.0. The van der Waals surface area contributed by atoms with Gasteiger partial charge in [0.15, 0.2) is 6.61 Å². The van der Waals surface area contributed by atoms with Crippen molar-refractivity contribution in [2.75, 3.05) is 17.2 Å². The quantitative estimate of drug-likeness (QED) is 0.697. The van der Waals surface area contributed by atoms with Crippen LogP contribution in [0.15, 0.2) is 48.8 Å². The monoisotopic (exact) mass is 391 g/mol. The van der Waals surface area contributed by atoms with Gasteiger partial charge in [0.05, 0.1) is 12.5 Å². The Kier molecular flexibility index (Phi) is 4.99. The number of carbonyl (C=O) groups is 2. The molecule has 0 saturated heterocycles. The Labute approximate surface area is 167 Å². The van der Waals surface area contributed by atoms with E-state index in [0.717, 1.165) is 22.4 Å². The van der Waals surface area contributed by atoms with Crippen molar-refractivity contribution < 1.29 is 14.3 Å². The highest BCUT2D eigenvalue weighted by molar-refractivity contribution is 5.92. The molecule has 1 atom stereocenters. The molecule has 2 amide bonds. The molecule has 148 valence electrons. The molecule has 2 aromatic carbocycles. The number of amides is 2. The lowest BCUT2D eigenvalue weighted by Crippen LogP contribution is -2.29. The normalized spacial score (nSPS) is 15.4. The van der Waals surface area contributed by atoms with Gasteiger partial charge in [-0.1, -0.05) is 29.8 Å². The minimum absolute atomic E-state index is 0.0915. The first kappa shape index (κ1) is 18.7. The van der Waals surface area contributed by atoms with Crippen LogP contribution in [0.4, 0.5) is 11.6 Å². The molecular weight excluding hydrogens is 370 g/mol. The molecule has 8 nitrogen and oxygen atoms in total. The molecule has 0 saturated carbocycles. The number of rotatable bonds is 5. The average Bonchev–Trinajstić information content (AvgIpc) is 3.17. The van der Waals surface area contributed by atoms with Gasteiger partial charge in [-0.25, -0.2) is 4.68 Å². The zero-order chi connectivity index (χ0) is 20.4. The summed E-state index contributed by atoms with van der Waals surface area (Å²) >= 11 is 0. The molecular formula is C21H21N5O3. The molecule has 0 spiro atoms. The van der Waals surface area contributed by atoms with Gasteiger partial charge in [-0.3, -0.25) is 14.9 Å². The molecule has 0 bridgehead atoms. The van der Waals surface area contributed by atoms with Crippen LogP contribution in [0.5, 0.6) is 5.75 Å². The van der Waals surface area contributed by atoms with E-state index in [4.69, 9.17) is 4.74 Å². The predicted octanol–water partition coefficient (Wildman–Crippen LogP) is 2.84. The number of aryl methyl sites for hydroxylation is 2. The van der Waals surface area contributed by atoms with Gasteiger partial charge < -0.3 is 10.1 Å². The third-order valence-corrected chi connectivity index (χ3v) is 4.79. The van der Waals surface area contributed by atoms with Gasteiger partial charge in [0.25, 0.3) is 5.91 Å². The highest BCUT2D eigenvalue weighted by Crippen LogP contribution is 2.29. The summed E-state index contributed by atoms with van der Waals surface area (Å²) in [5, 5.41) is 9.74. The molecule has 0 radical (unpaired) electrons. The lowest BCUT2D eigenvalue weighted by Gasteiger charge is -2.23. The van der Waals surface area contributed by atoms with Crippen LogP contribution in [0.3, 0.4) is 0 Å². The zero-order valence-corrected chi connectivity index (χ0v) is 16.2. The molecule has 4 rings (SSSR count). The van der Waals surface area contributed by atoms with E-state index in [9.17, 15) is 9.59 Å². The first-order valence-electron chi connectivity index (χ1n) is 9.29. The molecule has 2 heterocycles. The molecule has 1 aromatic heterocycles. The van der Waals surface area contributed by atoms with Crippen molar-refractivity contribution in [2.24, 2.45) is 0 Å². The molecule has 8 heteroatoms. The molecule has 0 unspecified atom stereocenters. The van der Waals surface area contributed by atoms with Crippen LogP contribution in [-0.4, -0.2) is 33.2 Å². The van der Waals surface area contributed by atoms with Crippen molar-refractivity contribution in [3.05, 3.63) is 65.5 Å². The minimum Gasteiger partial charge on any atom is -0.484 e. The summed E-state index contributed by atoms with van der Waals surface area (Å²) in [7, 11) is 0. The number of aromatic nitrogens is 3. The van der Waals surface area contributed by atoms with Gasteiger partial charge in [-0.15, -0.1) is 0 Å². The summed E-state index contributed by atoms with van der Waals surface area (Å²) < 4.78 is 7.28. The molecule has 0 fully saturated rings. The fourth-order valence-electron chi connectivity index (χ4n) is 3.34. The van der Waals surface area contributed by atoms with E-state index in [2.05, 4.69) is 20.7 Å². The highest BCUT2D eigenvalue weighted by atomic mass is 16.5. The van der Waals surface area contributed by atoms with Crippen LogP contribution in [-0.2, 0) is 9.59 Å². The van der Waals surface area contributed by atoms with Crippen LogP contribution >= 0.6 is 0 Å². The number of carbonyl (C=O) groups excluding carboxylic acids is 2. The number of nitrogens with one attached hydrogen (secondary N) is 2. The van der Waals surface area contributed by atoms with Crippen LogP contribution in [0.2, 0.25) is 0 Å². The third-order valence-electron chi connectivity index (χ3n) is 4.79.